The summed E-state index contributed by atoms with van der Waals surface area (Å²) < 4.78 is 0. The summed E-state index contributed by atoms with van der Waals surface area (Å²) in [6.07, 6.45) is 1.58. The molecule has 1 fully saturated rings. The van der Waals surface area contributed by atoms with Crippen molar-refractivity contribution in [1.82, 2.24) is 10.2 Å². The van der Waals surface area contributed by atoms with Gasteiger partial charge in [0.1, 0.15) is 0 Å². The average molecular weight is 405 g/mol. The number of hydrogen-bond acceptors (Lipinski definition) is 5. The van der Waals surface area contributed by atoms with Gasteiger partial charge in [0.15, 0.2) is 11.6 Å². The second-order valence-electron chi connectivity index (χ2n) is 7.70. The van der Waals surface area contributed by atoms with Crippen LogP contribution in [0.1, 0.15) is 12.8 Å². The van der Waals surface area contributed by atoms with E-state index in [1.54, 1.807) is 0 Å². The van der Waals surface area contributed by atoms with E-state index in [0.29, 0.717) is 12.2 Å². The maximum absolute atomic E-state index is 12.6. The van der Waals surface area contributed by atoms with Crippen molar-refractivity contribution in [1.29, 1.82) is 0 Å². The van der Waals surface area contributed by atoms with E-state index in [1.165, 1.54) is 6.20 Å². The lowest BCUT2D eigenvalue weighted by molar-refractivity contribution is -0.131. The minimum absolute atomic E-state index is 0.0425. The summed E-state index contributed by atoms with van der Waals surface area (Å²) in [4.78, 5) is 39.4. The van der Waals surface area contributed by atoms with E-state index >= 15 is 0 Å². The molecule has 3 rings (SSSR count). The molecule has 0 atom stereocenters. The molecule has 156 valence electrons. The van der Waals surface area contributed by atoms with Gasteiger partial charge in [-0.25, -0.2) is 0 Å². The number of allylic oxidation sites excluding steroid dienone is 1. The van der Waals surface area contributed by atoms with Crippen LogP contribution >= 0.6 is 0 Å². The fraction of sp³-hybridized carbons (Fsp3) is 0.292. The van der Waals surface area contributed by atoms with Crippen molar-refractivity contribution >= 4 is 23.2 Å². The number of carbonyl (C=O) groups excluding carboxylic acids is 3. The number of nitrogens with one attached hydrogen (secondary N) is 2. The molecule has 1 saturated carbocycles. The number of ketones is 2. The van der Waals surface area contributed by atoms with Crippen molar-refractivity contribution in [3.63, 3.8) is 0 Å². The monoisotopic (exact) mass is 405 g/mol. The van der Waals surface area contributed by atoms with Crippen molar-refractivity contribution in [3.8, 4) is 11.1 Å². The van der Waals surface area contributed by atoms with Crippen molar-refractivity contribution in [2.24, 2.45) is 5.92 Å². The molecule has 1 aliphatic carbocycles. The Morgan fingerprint density at radius 2 is 1.57 bits per heavy atom. The molecule has 1 aliphatic rings. The SMILES string of the molecule is CN(C)CCNC=C1C(=O)CC(C(=O)Nc2ccc(-c3ccccc3)cc2)CC1=O. The topological polar surface area (TPSA) is 78.5 Å². The predicted molar refractivity (Wildman–Crippen MR) is 118 cm³/mol. The molecule has 0 aliphatic heterocycles. The fourth-order valence-electron chi connectivity index (χ4n) is 3.32. The molecular formula is C24H27N3O3. The van der Waals surface area contributed by atoms with Gasteiger partial charge in [0.05, 0.1) is 11.5 Å². The van der Waals surface area contributed by atoms with Gasteiger partial charge in [-0.1, -0.05) is 42.5 Å². The highest BCUT2D eigenvalue weighted by Crippen LogP contribution is 2.25. The van der Waals surface area contributed by atoms with Crippen LogP contribution < -0.4 is 10.6 Å². The van der Waals surface area contributed by atoms with Crippen LogP contribution in [0.4, 0.5) is 5.69 Å². The van der Waals surface area contributed by atoms with E-state index in [0.717, 1.165) is 17.7 Å². The molecule has 6 heteroatoms. The van der Waals surface area contributed by atoms with Crippen LogP contribution in [-0.2, 0) is 14.4 Å². The summed E-state index contributed by atoms with van der Waals surface area (Å²) in [6.45, 7) is 1.43. The first-order valence-electron chi connectivity index (χ1n) is 10.0. The third kappa shape index (κ3) is 5.64. The molecule has 30 heavy (non-hydrogen) atoms. The summed E-state index contributed by atoms with van der Waals surface area (Å²) in [5.74, 6) is -1.52. The Hall–Kier alpha value is -3.25. The maximum Gasteiger partial charge on any atom is 0.228 e. The van der Waals surface area contributed by atoms with E-state index in [9.17, 15) is 14.4 Å². The smallest absolute Gasteiger partial charge is 0.228 e. The van der Waals surface area contributed by atoms with Gasteiger partial charge in [-0.2, -0.15) is 0 Å². The summed E-state index contributed by atoms with van der Waals surface area (Å²) in [6, 6.07) is 17.5. The van der Waals surface area contributed by atoms with E-state index < -0.39 is 5.92 Å². The van der Waals surface area contributed by atoms with Gasteiger partial charge in [0.2, 0.25) is 5.91 Å². The maximum atomic E-state index is 12.6. The van der Waals surface area contributed by atoms with Crippen molar-refractivity contribution < 1.29 is 14.4 Å². The lowest BCUT2D eigenvalue weighted by Crippen LogP contribution is -2.34. The molecule has 0 spiro atoms. The lowest BCUT2D eigenvalue weighted by atomic mass is 9.83. The summed E-state index contributed by atoms with van der Waals surface area (Å²) >= 11 is 0. The normalized spacial score (nSPS) is 16.5. The molecule has 6 nitrogen and oxygen atoms in total. The molecule has 2 aromatic rings. The number of amides is 1. The number of likely N-dealkylation sites (N-methyl/N-ethyl adjacent to an activating group) is 1. The first-order chi connectivity index (χ1) is 14.4. The first-order valence-corrected chi connectivity index (χ1v) is 10.0. The van der Waals surface area contributed by atoms with E-state index in [2.05, 4.69) is 10.6 Å². The molecule has 0 saturated heterocycles. The summed E-state index contributed by atoms with van der Waals surface area (Å²) in [5, 5.41) is 5.83. The Balaban J connectivity index is 1.57. The van der Waals surface area contributed by atoms with Crippen molar-refractivity contribution in [2.45, 2.75) is 12.8 Å². The number of rotatable bonds is 7. The van der Waals surface area contributed by atoms with Crippen LogP contribution in [0.15, 0.2) is 66.4 Å². The lowest BCUT2D eigenvalue weighted by Gasteiger charge is -2.21. The zero-order chi connectivity index (χ0) is 21.5. The molecule has 0 radical (unpaired) electrons. The Bertz CT molecular complexity index is 914. The largest absolute Gasteiger partial charge is 0.389 e. The zero-order valence-electron chi connectivity index (χ0n) is 17.4. The first kappa shape index (κ1) is 21.5. The highest BCUT2D eigenvalue weighted by atomic mass is 16.2. The quantitative estimate of drug-likeness (QED) is 0.421. The standard InChI is InChI=1S/C24H27N3O3/c1-27(2)13-12-25-16-21-22(28)14-19(15-23(21)29)24(30)26-20-10-8-18(9-11-20)17-6-4-3-5-7-17/h3-11,16,19,25H,12-15H2,1-2H3,(H,26,30). The van der Waals surface area contributed by atoms with Crippen LogP contribution in [0.5, 0.6) is 0 Å². The van der Waals surface area contributed by atoms with Crippen molar-refractivity contribution in [2.75, 3.05) is 32.5 Å². The molecule has 0 bridgehead atoms. The molecular weight excluding hydrogens is 378 g/mol. The Morgan fingerprint density at radius 1 is 0.967 bits per heavy atom. The van der Waals surface area contributed by atoms with E-state index in [4.69, 9.17) is 0 Å². The summed E-state index contributed by atoms with van der Waals surface area (Å²) in [7, 11) is 3.90. The number of anilines is 1. The molecule has 0 heterocycles. The minimum Gasteiger partial charge on any atom is -0.389 e. The molecule has 0 unspecified atom stereocenters. The van der Waals surface area contributed by atoms with Gasteiger partial charge in [-0.15, -0.1) is 0 Å². The van der Waals surface area contributed by atoms with Crippen LogP contribution in [0.3, 0.4) is 0 Å². The number of hydrogen-bond donors (Lipinski definition) is 2. The van der Waals surface area contributed by atoms with Crippen LogP contribution in [0.2, 0.25) is 0 Å². The van der Waals surface area contributed by atoms with E-state index in [-0.39, 0.29) is 35.9 Å². The third-order valence-electron chi connectivity index (χ3n) is 5.04. The highest BCUT2D eigenvalue weighted by Gasteiger charge is 2.34. The Morgan fingerprint density at radius 3 is 2.17 bits per heavy atom. The second kappa shape index (κ2) is 9.98. The van der Waals surface area contributed by atoms with Crippen LogP contribution in [0.25, 0.3) is 11.1 Å². The van der Waals surface area contributed by atoms with Gasteiger partial charge in [0, 0.05) is 37.8 Å². The summed E-state index contributed by atoms with van der Waals surface area (Å²) in [5.41, 5.74) is 2.95. The zero-order valence-corrected chi connectivity index (χ0v) is 17.4. The number of benzene rings is 2. The second-order valence-corrected chi connectivity index (χ2v) is 7.70. The molecule has 2 N–H and O–H groups in total. The molecule has 1 amide bonds. The Kier molecular flexibility index (Phi) is 7.14. The van der Waals surface area contributed by atoms with Crippen LogP contribution in [0, 0.1) is 5.92 Å². The average Bonchev–Trinajstić information content (AvgIpc) is 2.73. The van der Waals surface area contributed by atoms with Gasteiger partial charge >= 0.3 is 0 Å². The fourth-order valence-corrected chi connectivity index (χ4v) is 3.32. The van der Waals surface area contributed by atoms with Crippen molar-refractivity contribution in [3.05, 3.63) is 66.4 Å². The third-order valence-corrected chi connectivity index (χ3v) is 5.04. The van der Waals surface area contributed by atoms with Gasteiger partial charge < -0.3 is 15.5 Å². The minimum atomic E-state index is -0.641. The number of Topliss-reactive ketones (excluding diaryl/α,β-unsaturated/α-hetero) is 2. The molecule has 2 aromatic carbocycles. The molecule has 0 aromatic heterocycles. The number of carbonyl (C=O) groups is 3. The number of nitrogens with zero attached hydrogens (tertiary/aromatic N) is 1. The highest BCUT2D eigenvalue weighted by molar-refractivity contribution is 6.23. The van der Waals surface area contributed by atoms with Gasteiger partial charge in [0.25, 0.3) is 0 Å². The predicted octanol–water partition coefficient (Wildman–Crippen LogP) is 2.88. The van der Waals surface area contributed by atoms with E-state index in [1.807, 2.05) is 73.6 Å². The van der Waals surface area contributed by atoms with Gasteiger partial charge in [-0.3, -0.25) is 14.4 Å². The van der Waals surface area contributed by atoms with Crippen LogP contribution in [-0.4, -0.2) is 49.6 Å². The Labute approximate surface area is 177 Å². The van der Waals surface area contributed by atoms with Gasteiger partial charge in [-0.05, 0) is 37.4 Å².